The Labute approximate surface area is 86.8 Å². The lowest BCUT2D eigenvalue weighted by atomic mass is 10.1. The monoisotopic (exact) mass is 194 g/mol. The predicted molar refractivity (Wildman–Crippen MR) is 61.7 cm³/mol. The molecule has 13 heavy (non-hydrogen) atoms. The highest BCUT2D eigenvalue weighted by Gasteiger charge is 2.00. The molecule has 72 valence electrons. The van der Waals surface area contributed by atoms with Crippen molar-refractivity contribution >= 4 is 12.6 Å². The van der Waals surface area contributed by atoms with E-state index in [1.54, 1.807) is 0 Å². The van der Waals surface area contributed by atoms with Crippen LogP contribution >= 0.6 is 12.6 Å². The zero-order valence-electron chi connectivity index (χ0n) is 8.51. The van der Waals surface area contributed by atoms with Crippen LogP contribution in [0.5, 0.6) is 0 Å². The number of hydrogen-bond donors (Lipinski definition) is 1. The number of rotatable bonds is 4. The van der Waals surface area contributed by atoms with Crippen LogP contribution in [0.2, 0.25) is 0 Å². The van der Waals surface area contributed by atoms with Crippen LogP contribution in [0.1, 0.15) is 37.3 Å². The largest absolute Gasteiger partial charge is 0.143 e. The van der Waals surface area contributed by atoms with Crippen molar-refractivity contribution in [2.24, 2.45) is 0 Å². The summed E-state index contributed by atoms with van der Waals surface area (Å²) in [6.07, 6.45) is 5.07. The van der Waals surface area contributed by atoms with Crippen molar-refractivity contribution in [3.63, 3.8) is 0 Å². The van der Waals surface area contributed by atoms with Gasteiger partial charge in [-0.2, -0.15) is 0 Å². The summed E-state index contributed by atoms with van der Waals surface area (Å²) in [7, 11) is 0. The fraction of sp³-hybridized carbons (Fsp3) is 0.500. The molecule has 1 heteroatoms. The van der Waals surface area contributed by atoms with Crippen molar-refractivity contribution < 1.29 is 0 Å². The summed E-state index contributed by atoms with van der Waals surface area (Å²) < 4.78 is 0. The van der Waals surface area contributed by atoms with E-state index < -0.39 is 0 Å². The minimum Gasteiger partial charge on any atom is -0.143 e. The average Bonchev–Trinajstić information content (AvgIpc) is 2.13. The number of thiol groups is 1. The summed E-state index contributed by atoms with van der Waals surface area (Å²) in [6, 6.07) is 6.42. The molecule has 0 radical (unpaired) electrons. The van der Waals surface area contributed by atoms with Crippen LogP contribution < -0.4 is 0 Å². The standard InChI is InChI=1S/C12H18S/c1-3-4-5-8-11-9-6-7-10(2)12(11)13/h6-7,9,13H,3-5,8H2,1-2H3. The Kier molecular flexibility index (Phi) is 4.37. The number of unbranched alkanes of at least 4 members (excludes halogenated alkanes) is 2. The van der Waals surface area contributed by atoms with Crippen molar-refractivity contribution in [2.75, 3.05) is 0 Å². The first-order valence-corrected chi connectivity index (χ1v) is 5.48. The van der Waals surface area contributed by atoms with Crippen molar-refractivity contribution in [3.05, 3.63) is 29.3 Å². The lowest BCUT2D eigenvalue weighted by molar-refractivity contribution is 0.711. The van der Waals surface area contributed by atoms with E-state index in [2.05, 4.69) is 44.7 Å². The molecule has 0 bridgehead atoms. The number of benzene rings is 1. The van der Waals surface area contributed by atoms with Gasteiger partial charge in [-0.25, -0.2) is 0 Å². The van der Waals surface area contributed by atoms with E-state index in [0.717, 1.165) is 0 Å². The summed E-state index contributed by atoms with van der Waals surface area (Å²) >= 11 is 4.51. The Hall–Kier alpha value is -0.430. The van der Waals surface area contributed by atoms with Gasteiger partial charge >= 0.3 is 0 Å². The summed E-state index contributed by atoms with van der Waals surface area (Å²) in [5.41, 5.74) is 2.69. The molecule has 0 N–H and O–H groups in total. The second kappa shape index (κ2) is 5.33. The van der Waals surface area contributed by atoms with Crippen LogP contribution in [-0.2, 0) is 6.42 Å². The van der Waals surface area contributed by atoms with Crippen LogP contribution in [0.25, 0.3) is 0 Å². The molecule has 0 aliphatic carbocycles. The van der Waals surface area contributed by atoms with Gasteiger partial charge in [-0.15, -0.1) is 12.6 Å². The van der Waals surface area contributed by atoms with Gasteiger partial charge in [0.15, 0.2) is 0 Å². The first kappa shape index (κ1) is 10.6. The molecule has 0 spiro atoms. The van der Waals surface area contributed by atoms with E-state index in [-0.39, 0.29) is 0 Å². The summed E-state index contributed by atoms with van der Waals surface area (Å²) in [5.74, 6) is 0. The van der Waals surface area contributed by atoms with E-state index in [9.17, 15) is 0 Å². The van der Waals surface area contributed by atoms with Crippen LogP contribution in [-0.4, -0.2) is 0 Å². The number of aryl methyl sites for hydroxylation is 2. The molecule has 0 nitrogen and oxygen atoms in total. The molecule has 0 amide bonds. The molecular weight excluding hydrogens is 176 g/mol. The highest BCUT2D eigenvalue weighted by atomic mass is 32.1. The van der Waals surface area contributed by atoms with Crippen LogP contribution in [0.3, 0.4) is 0 Å². The third kappa shape index (κ3) is 3.07. The normalized spacial score (nSPS) is 10.4. The smallest absolute Gasteiger partial charge is 0.0101 e. The lowest BCUT2D eigenvalue weighted by Crippen LogP contribution is -1.89. The van der Waals surface area contributed by atoms with Crippen molar-refractivity contribution in [2.45, 2.75) is 44.4 Å². The molecule has 0 aliphatic heterocycles. The Morgan fingerprint density at radius 1 is 1.23 bits per heavy atom. The molecule has 0 saturated carbocycles. The summed E-state index contributed by atoms with van der Waals surface area (Å²) in [4.78, 5) is 1.18. The van der Waals surface area contributed by atoms with Crippen LogP contribution in [0.4, 0.5) is 0 Å². The maximum atomic E-state index is 4.51. The molecule has 0 fully saturated rings. The second-order valence-electron chi connectivity index (χ2n) is 3.54. The molecule has 1 aromatic carbocycles. The Bertz CT molecular complexity index is 266. The molecular formula is C12H18S. The second-order valence-corrected chi connectivity index (χ2v) is 3.99. The van der Waals surface area contributed by atoms with Gasteiger partial charge in [-0.05, 0) is 30.9 Å². The first-order chi connectivity index (χ1) is 6.25. The van der Waals surface area contributed by atoms with Crippen molar-refractivity contribution in [1.82, 2.24) is 0 Å². The van der Waals surface area contributed by atoms with Crippen molar-refractivity contribution in [3.8, 4) is 0 Å². The molecule has 0 unspecified atom stereocenters. The van der Waals surface area contributed by atoms with Gasteiger partial charge in [0.2, 0.25) is 0 Å². The van der Waals surface area contributed by atoms with Gasteiger partial charge in [-0.3, -0.25) is 0 Å². The van der Waals surface area contributed by atoms with Gasteiger partial charge in [0.25, 0.3) is 0 Å². The van der Waals surface area contributed by atoms with E-state index in [1.165, 1.54) is 41.7 Å². The third-order valence-corrected chi connectivity index (χ3v) is 3.01. The van der Waals surface area contributed by atoms with E-state index >= 15 is 0 Å². The van der Waals surface area contributed by atoms with Gasteiger partial charge in [0.05, 0.1) is 0 Å². The minimum atomic E-state index is 1.17. The molecule has 0 aliphatic rings. The Balaban J connectivity index is 2.61. The zero-order chi connectivity index (χ0) is 9.68. The molecule has 1 rings (SSSR count). The topological polar surface area (TPSA) is 0 Å². The fourth-order valence-electron chi connectivity index (χ4n) is 1.49. The van der Waals surface area contributed by atoms with Crippen molar-refractivity contribution in [1.29, 1.82) is 0 Å². The highest BCUT2D eigenvalue weighted by Crippen LogP contribution is 2.20. The average molecular weight is 194 g/mol. The van der Waals surface area contributed by atoms with Gasteiger partial charge < -0.3 is 0 Å². The summed E-state index contributed by atoms with van der Waals surface area (Å²) in [6.45, 7) is 4.35. The predicted octanol–water partition coefficient (Wildman–Crippen LogP) is 4.02. The quantitative estimate of drug-likeness (QED) is 0.543. The molecule has 1 aromatic rings. The Morgan fingerprint density at radius 2 is 2.00 bits per heavy atom. The maximum absolute atomic E-state index is 4.51. The highest BCUT2D eigenvalue weighted by molar-refractivity contribution is 7.80. The minimum absolute atomic E-state index is 1.17. The third-order valence-electron chi connectivity index (χ3n) is 2.37. The lowest BCUT2D eigenvalue weighted by Gasteiger charge is -2.06. The van der Waals surface area contributed by atoms with Gasteiger partial charge in [-0.1, -0.05) is 38.0 Å². The van der Waals surface area contributed by atoms with E-state index in [0.29, 0.717) is 0 Å². The van der Waals surface area contributed by atoms with Crippen LogP contribution in [0.15, 0.2) is 23.1 Å². The molecule has 0 atom stereocenters. The van der Waals surface area contributed by atoms with Gasteiger partial charge in [0, 0.05) is 4.90 Å². The fourth-order valence-corrected chi connectivity index (χ4v) is 1.75. The Morgan fingerprint density at radius 3 is 2.69 bits per heavy atom. The first-order valence-electron chi connectivity index (χ1n) is 5.03. The summed E-state index contributed by atoms with van der Waals surface area (Å²) in [5, 5.41) is 0. The number of hydrogen-bond acceptors (Lipinski definition) is 1. The SMILES string of the molecule is CCCCCc1cccc(C)c1S. The maximum Gasteiger partial charge on any atom is 0.0101 e. The van der Waals surface area contributed by atoms with Crippen LogP contribution in [0, 0.1) is 6.92 Å². The zero-order valence-corrected chi connectivity index (χ0v) is 9.40. The molecule has 0 aromatic heterocycles. The molecule has 0 heterocycles. The van der Waals surface area contributed by atoms with E-state index in [4.69, 9.17) is 0 Å². The van der Waals surface area contributed by atoms with Gasteiger partial charge in [0.1, 0.15) is 0 Å². The van der Waals surface area contributed by atoms with E-state index in [1.807, 2.05) is 0 Å². The molecule has 0 saturated heterocycles.